The smallest absolute Gasteiger partial charge is 0.357 e. The van der Waals surface area contributed by atoms with Crippen LogP contribution in [0.3, 0.4) is 0 Å². The van der Waals surface area contributed by atoms with Crippen molar-refractivity contribution < 1.29 is 13.2 Å². The molecule has 0 amide bonds. The van der Waals surface area contributed by atoms with Crippen LogP contribution in [0, 0.1) is 0 Å². The highest BCUT2D eigenvalue weighted by molar-refractivity contribution is 14.0. The van der Waals surface area contributed by atoms with E-state index in [0.717, 1.165) is 36.6 Å². The molecule has 0 aliphatic heterocycles. The molecular formula is C19H25F3IN5. The number of H-pyrrole nitrogens is 1. The minimum absolute atomic E-state index is 0. The molecule has 1 aromatic carbocycles. The third-order valence-corrected chi connectivity index (χ3v) is 5.02. The lowest BCUT2D eigenvalue weighted by Gasteiger charge is -2.43. The molecule has 0 saturated heterocycles. The second kappa shape index (κ2) is 9.62. The second-order valence-corrected chi connectivity index (χ2v) is 6.84. The van der Waals surface area contributed by atoms with Gasteiger partial charge in [-0.1, -0.05) is 24.6 Å². The average molecular weight is 507 g/mol. The molecule has 9 heteroatoms. The Balaban J connectivity index is 0.00000280. The molecule has 0 atom stereocenters. The summed E-state index contributed by atoms with van der Waals surface area (Å²) in [6.45, 7) is 3.67. The summed E-state index contributed by atoms with van der Waals surface area (Å²) in [5.41, 5.74) is 0.751. The third kappa shape index (κ3) is 5.39. The molecule has 0 spiro atoms. The lowest BCUT2D eigenvalue weighted by molar-refractivity contribution is -0.137. The van der Waals surface area contributed by atoms with Gasteiger partial charge in [-0.2, -0.15) is 18.3 Å². The topological polar surface area (TPSA) is 65.1 Å². The summed E-state index contributed by atoms with van der Waals surface area (Å²) < 4.78 is 39.2. The molecule has 3 N–H and O–H groups in total. The SMILES string of the molecule is CCNC(=NCc1ccn[nH]1)NCC1(c2cccc(C(F)(F)F)c2)CCC1.I. The van der Waals surface area contributed by atoms with Crippen molar-refractivity contribution in [1.82, 2.24) is 20.8 Å². The van der Waals surface area contributed by atoms with Crippen LogP contribution < -0.4 is 10.6 Å². The van der Waals surface area contributed by atoms with Crippen LogP contribution in [0.5, 0.6) is 0 Å². The van der Waals surface area contributed by atoms with Crippen molar-refractivity contribution in [3.05, 3.63) is 53.3 Å². The summed E-state index contributed by atoms with van der Waals surface area (Å²) in [6.07, 6.45) is 0.0827. The van der Waals surface area contributed by atoms with Crippen LogP contribution in [0.1, 0.15) is 43.0 Å². The summed E-state index contributed by atoms with van der Waals surface area (Å²) >= 11 is 0. The maximum atomic E-state index is 13.1. The highest BCUT2D eigenvalue weighted by Crippen LogP contribution is 2.44. The van der Waals surface area contributed by atoms with Gasteiger partial charge in [0.1, 0.15) is 0 Å². The first-order valence-corrected chi connectivity index (χ1v) is 9.11. The van der Waals surface area contributed by atoms with E-state index in [4.69, 9.17) is 0 Å². The van der Waals surface area contributed by atoms with E-state index >= 15 is 0 Å². The molecular weight excluding hydrogens is 482 g/mol. The Kier molecular flexibility index (Phi) is 7.73. The molecule has 3 rings (SSSR count). The summed E-state index contributed by atoms with van der Waals surface area (Å²) in [7, 11) is 0. The average Bonchev–Trinajstić information content (AvgIpc) is 3.11. The van der Waals surface area contributed by atoms with Crippen LogP contribution in [0.25, 0.3) is 0 Å². The minimum atomic E-state index is -4.32. The quantitative estimate of drug-likeness (QED) is 0.312. The highest BCUT2D eigenvalue weighted by Gasteiger charge is 2.40. The third-order valence-electron chi connectivity index (χ3n) is 5.02. The van der Waals surface area contributed by atoms with Gasteiger partial charge in [0.05, 0.1) is 17.8 Å². The minimum Gasteiger partial charge on any atom is -0.357 e. The van der Waals surface area contributed by atoms with Gasteiger partial charge in [0.15, 0.2) is 5.96 Å². The Morgan fingerprint density at radius 2 is 2.04 bits per heavy atom. The van der Waals surface area contributed by atoms with Gasteiger partial charge in [0.2, 0.25) is 0 Å². The van der Waals surface area contributed by atoms with Crippen LogP contribution >= 0.6 is 24.0 Å². The van der Waals surface area contributed by atoms with Crippen LogP contribution in [-0.4, -0.2) is 29.2 Å². The van der Waals surface area contributed by atoms with Crippen molar-refractivity contribution in [2.75, 3.05) is 13.1 Å². The van der Waals surface area contributed by atoms with E-state index in [-0.39, 0.29) is 29.4 Å². The number of benzene rings is 1. The lowest BCUT2D eigenvalue weighted by Crippen LogP contribution is -2.49. The molecule has 28 heavy (non-hydrogen) atoms. The number of aliphatic imine (C=N–C) groups is 1. The number of hydrogen-bond donors (Lipinski definition) is 3. The van der Waals surface area contributed by atoms with Gasteiger partial charge in [-0.3, -0.25) is 5.10 Å². The fourth-order valence-corrected chi connectivity index (χ4v) is 3.33. The van der Waals surface area contributed by atoms with E-state index in [1.165, 1.54) is 12.1 Å². The van der Waals surface area contributed by atoms with Crippen LogP contribution in [-0.2, 0) is 18.1 Å². The number of halogens is 4. The normalized spacial score (nSPS) is 16.1. The fraction of sp³-hybridized carbons (Fsp3) is 0.474. The van der Waals surface area contributed by atoms with Gasteiger partial charge in [-0.25, -0.2) is 4.99 Å². The van der Waals surface area contributed by atoms with E-state index in [2.05, 4.69) is 25.8 Å². The predicted molar refractivity (Wildman–Crippen MR) is 114 cm³/mol. The van der Waals surface area contributed by atoms with Crippen LogP contribution in [0.2, 0.25) is 0 Å². The van der Waals surface area contributed by atoms with Crippen molar-refractivity contribution in [2.24, 2.45) is 4.99 Å². The van der Waals surface area contributed by atoms with Gasteiger partial charge in [-0.05, 0) is 37.5 Å². The first-order valence-electron chi connectivity index (χ1n) is 9.11. The summed E-state index contributed by atoms with van der Waals surface area (Å²) in [6, 6.07) is 7.55. The second-order valence-electron chi connectivity index (χ2n) is 6.84. The fourth-order valence-electron chi connectivity index (χ4n) is 3.33. The molecule has 1 fully saturated rings. The molecule has 1 aromatic heterocycles. The van der Waals surface area contributed by atoms with E-state index in [1.807, 2.05) is 13.0 Å². The number of nitrogens with zero attached hydrogens (tertiary/aromatic N) is 2. The zero-order valence-electron chi connectivity index (χ0n) is 15.6. The molecule has 1 saturated carbocycles. The Bertz CT molecular complexity index is 770. The maximum absolute atomic E-state index is 13.1. The van der Waals surface area contributed by atoms with E-state index in [1.54, 1.807) is 12.3 Å². The number of hydrogen-bond acceptors (Lipinski definition) is 2. The molecule has 0 radical (unpaired) electrons. The highest BCUT2D eigenvalue weighted by atomic mass is 127. The zero-order valence-corrected chi connectivity index (χ0v) is 18.0. The monoisotopic (exact) mass is 507 g/mol. The zero-order chi connectivity index (χ0) is 19.3. The van der Waals surface area contributed by atoms with Gasteiger partial charge >= 0.3 is 6.18 Å². The number of aromatic nitrogens is 2. The Morgan fingerprint density at radius 3 is 2.61 bits per heavy atom. The van der Waals surface area contributed by atoms with Gasteiger partial charge in [0, 0.05) is 24.7 Å². The van der Waals surface area contributed by atoms with Gasteiger partial charge < -0.3 is 10.6 Å². The summed E-state index contributed by atoms with van der Waals surface area (Å²) in [5, 5.41) is 13.2. The molecule has 2 aromatic rings. The molecule has 1 aliphatic carbocycles. The van der Waals surface area contributed by atoms with Crippen molar-refractivity contribution in [1.29, 1.82) is 0 Å². The predicted octanol–water partition coefficient (Wildman–Crippen LogP) is 4.22. The number of guanidine groups is 1. The largest absolute Gasteiger partial charge is 0.416 e. The van der Waals surface area contributed by atoms with E-state index in [0.29, 0.717) is 25.6 Å². The van der Waals surface area contributed by atoms with Crippen molar-refractivity contribution in [3.8, 4) is 0 Å². The van der Waals surface area contributed by atoms with Gasteiger partial charge in [0.25, 0.3) is 0 Å². The lowest BCUT2D eigenvalue weighted by atomic mass is 9.64. The maximum Gasteiger partial charge on any atom is 0.416 e. The first kappa shape index (κ1) is 22.5. The van der Waals surface area contributed by atoms with Crippen LogP contribution in [0.15, 0.2) is 41.5 Å². The first-order chi connectivity index (χ1) is 12.9. The molecule has 0 bridgehead atoms. The van der Waals surface area contributed by atoms with Gasteiger partial charge in [-0.15, -0.1) is 24.0 Å². The van der Waals surface area contributed by atoms with E-state index < -0.39 is 11.7 Å². The van der Waals surface area contributed by atoms with E-state index in [9.17, 15) is 13.2 Å². The molecule has 0 unspecified atom stereocenters. The standard InChI is InChI=1S/C19H24F3N5.HI/c1-2-23-17(24-12-16-7-10-26-27-16)25-13-18(8-4-9-18)14-5-3-6-15(11-14)19(20,21)22;/h3,5-7,10-11H,2,4,8-9,12-13H2,1H3,(H,26,27)(H2,23,24,25);1H. The van der Waals surface area contributed by atoms with Crippen molar-refractivity contribution >= 4 is 29.9 Å². The Labute approximate surface area is 179 Å². The summed E-state index contributed by atoms with van der Waals surface area (Å²) in [4.78, 5) is 4.51. The van der Waals surface area contributed by atoms with Crippen molar-refractivity contribution in [3.63, 3.8) is 0 Å². The number of aromatic amines is 1. The summed E-state index contributed by atoms with van der Waals surface area (Å²) in [5.74, 6) is 0.644. The Hall–Kier alpha value is -1.78. The Morgan fingerprint density at radius 1 is 1.25 bits per heavy atom. The number of rotatable bonds is 6. The molecule has 1 aliphatic rings. The molecule has 5 nitrogen and oxygen atoms in total. The number of alkyl halides is 3. The number of nitrogens with one attached hydrogen (secondary N) is 3. The molecule has 1 heterocycles. The van der Waals surface area contributed by atoms with Crippen molar-refractivity contribution in [2.45, 2.75) is 44.3 Å². The molecule has 154 valence electrons. The van der Waals surface area contributed by atoms with Crippen LogP contribution in [0.4, 0.5) is 13.2 Å².